The molecule has 116 valence electrons. The Morgan fingerprint density at radius 3 is 2.81 bits per heavy atom. The van der Waals surface area contributed by atoms with Gasteiger partial charge in [-0.15, -0.1) is 0 Å². The molecule has 0 bridgehead atoms. The van der Waals surface area contributed by atoms with E-state index >= 15 is 0 Å². The van der Waals surface area contributed by atoms with Gasteiger partial charge in [0.1, 0.15) is 5.60 Å². The van der Waals surface area contributed by atoms with Crippen LogP contribution in [0.4, 0.5) is 0 Å². The zero-order chi connectivity index (χ0) is 15.1. The molecule has 0 amide bonds. The fourth-order valence-electron chi connectivity index (χ4n) is 3.31. The molecular weight excluding hydrogens is 290 g/mol. The molecule has 1 aromatic rings. The average Bonchev–Trinajstić information content (AvgIpc) is 2.92. The molecule has 2 heterocycles. The molecule has 6 heteroatoms. The van der Waals surface area contributed by atoms with Gasteiger partial charge in [0.2, 0.25) is 10.0 Å². The SMILES string of the molecule is Cc1ccccc1S(=O)(=O)N1CC[C@H](O)[C@]2(CCCO2)C1. The Morgan fingerprint density at radius 1 is 1.38 bits per heavy atom. The van der Waals surface area contributed by atoms with Gasteiger partial charge >= 0.3 is 0 Å². The number of aliphatic hydroxyl groups is 1. The van der Waals surface area contributed by atoms with E-state index in [4.69, 9.17) is 4.74 Å². The minimum atomic E-state index is -3.54. The molecule has 2 fully saturated rings. The maximum Gasteiger partial charge on any atom is 0.243 e. The lowest BCUT2D eigenvalue weighted by molar-refractivity contribution is -0.117. The van der Waals surface area contributed by atoms with E-state index in [9.17, 15) is 13.5 Å². The Labute approximate surface area is 125 Å². The van der Waals surface area contributed by atoms with Crippen molar-refractivity contribution in [1.82, 2.24) is 4.31 Å². The maximum atomic E-state index is 12.8. The van der Waals surface area contributed by atoms with Gasteiger partial charge in [-0.3, -0.25) is 0 Å². The Balaban J connectivity index is 1.92. The molecule has 2 atom stereocenters. The number of nitrogens with zero attached hydrogens (tertiary/aromatic N) is 1. The fraction of sp³-hybridized carbons (Fsp3) is 0.600. The van der Waals surface area contributed by atoms with Gasteiger partial charge in [0.15, 0.2) is 0 Å². The first-order valence-electron chi connectivity index (χ1n) is 7.33. The summed E-state index contributed by atoms with van der Waals surface area (Å²) in [7, 11) is -3.54. The van der Waals surface area contributed by atoms with E-state index in [0.29, 0.717) is 30.9 Å². The van der Waals surface area contributed by atoms with E-state index in [1.165, 1.54) is 4.31 Å². The predicted molar refractivity (Wildman–Crippen MR) is 78.5 cm³/mol. The second-order valence-electron chi connectivity index (χ2n) is 5.93. The molecule has 2 saturated heterocycles. The normalized spacial score (nSPS) is 30.9. The van der Waals surface area contributed by atoms with Gasteiger partial charge in [-0.2, -0.15) is 4.31 Å². The zero-order valence-corrected chi connectivity index (χ0v) is 13.0. The van der Waals surface area contributed by atoms with Crippen molar-refractivity contribution in [3.05, 3.63) is 29.8 Å². The van der Waals surface area contributed by atoms with Gasteiger partial charge in [0.05, 0.1) is 11.0 Å². The van der Waals surface area contributed by atoms with Crippen molar-refractivity contribution in [3.63, 3.8) is 0 Å². The monoisotopic (exact) mass is 311 g/mol. The Morgan fingerprint density at radius 2 is 2.14 bits per heavy atom. The van der Waals surface area contributed by atoms with Crippen LogP contribution in [0.5, 0.6) is 0 Å². The number of piperidine rings is 1. The van der Waals surface area contributed by atoms with Crippen molar-refractivity contribution < 1.29 is 18.3 Å². The average molecular weight is 311 g/mol. The number of sulfonamides is 1. The van der Waals surface area contributed by atoms with Gasteiger partial charge < -0.3 is 9.84 Å². The van der Waals surface area contributed by atoms with Crippen LogP contribution >= 0.6 is 0 Å². The van der Waals surface area contributed by atoms with E-state index in [-0.39, 0.29) is 6.54 Å². The smallest absolute Gasteiger partial charge is 0.243 e. The lowest BCUT2D eigenvalue weighted by Crippen LogP contribution is -2.57. The highest BCUT2D eigenvalue weighted by Gasteiger charge is 2.48. The summed E-state index contributed by atoms with van der Waals surface area (Å²) < 4.78 is 32.9. The lowest BCUT2D eigenvalue weighted by Gasteiger charge is -2.42. The molecule has 21 heavy (non-hydrogen) atoms. The van der Waals surface area contributed by atoms with E-state index in [0.717, 1.165) is 12.0 Å². The molecule has 0 aliphatic carbocycles. The van der Waals surface area contributed by atoms with Crippen LogP contribution < -0.4 is 0 Å². The summed E-state index contributed by atoms with van der Waals surface area (Å²) in [5.74, 6) is 0. The summed E-state index contributed by atoms with van der Waals surface area (Å²) in [5, 5.41) is 10.2. The van der Waals surface area contributed by atoms with Crippen molar-refractivity contribution in [2.45, 2.75) is 42.8 Å². The van der Waals surface area contributed by atoms with Crippen LogP contribution in [-0.4, -0.2) is 49.2 Å². The summed E-state index contributed by atoms with van der Waals surface area (Å²) in [4.78, 5) is 0.342. The van der Waals surface area contributed by atoms with Crippen molar-refractivity contribution in [3.8, 4) is 0 Å². The van der Waals surface area contributed by atoms with Gasteiger partial charge in [0, 0.05) is 19.7 Å². The van der Waals surface area contributed by atoms with Crippen LogP contribution in [0, 0.1) is 6.92 Å². The van der Waals surface area contributed by atoms with Crippen LogP contribution in [0.1, 0.15) is 24.8 Å². The third-order valence-corrected chi connectivity index (χ3v) is 6.55. The third kappa shape index (κ3) is 2.50. The molecular formula is C15H21NO4S. The highest BCUT2D eigenvalue weighted by atomic mass is 32.2. The van der Waals surface area contributed by atoms with Crippen LogP contribution in [-0.2, 0) is 14.8 Å². The van der Waals surface area contributed by atoms with Crippen LogP contribution in [0.3, 0.4) is 0 Å². The Kier molecular flexibility index (Phi) is 3.81. The second kappa shape index (κ2) is 5.35. The highest BCUT2D eigenvalue weighted by molar-refractivity contribution is 7.89. The number of aryl methyl sites for hydroxylation is 1. The molecule has 0 aromatic heterocycles. The first-order chi connectivity index (χ1) is 9.96. The van der Waals surface area contributed by atoms with E-state index < -0.39 is 21.7 Å². The lowest BCUT2D eigenvalue weighted by atomic mass is 9.88. The number of hydrogen-bond acceptors (Lipinski definition) is 4. The molecule has 1 N–H and O–H groups in total. The minimum Gasteiger partial charge on any atom is -0.390 e. The largest absolute Gasteiger partial charge is 0.390 e. The van der Waals surface area contributed by atoms with Crippen molar-refractivity contribution in [2.24, 2.45) is 0 Å². The first-order valence-corrected chi connectivity index (χ1v) is 8.77. The van der Waals surface area contributed by atoms with Gasteiger partial charge in [-0.25, -0.2) is 8.42 Å². The maximum absolute atomic E-state index is 12.8. The summed E-state index contributed by atoms with van der Waals surface area (Å²) in [6.07, 6.45) is 1.43. The topological polar surface area (TPSA) is 66.8 Å². The molecule has 5 nitrogen and oxygen atoms in total. The van der Waals surface area contributed by atoms with E-state index in [1.807, 2.05) is 6.07 Å². The number of aliphatic hydroxyl groups excluding tert-OH is 1. The van der Waals surface area contributed by atoms with Gasteiger partial charge in [-0.05, 0) is 37.8 Å². The molecule has 3 rings (SSSR count). The fourth-order valence-corrected chi connectivity index (χ4v) is 5.05. The summed E-state index contributed by atoms with van der Waals surface area (Å²) >= 11 is 0. The first kappa shape index (κ1) is 15.0. The Bertz CT molecular complexity index is 622. The van der Waals surface area contributed by atoms with Crippen LogP contribution in [0.25, 0.3) is 0 Å². The summed E-state index contributed by atoms with van der Waals surface area (Å²) in [6, 6.07) is 7.00. The predicted octanol–water partition coefficient (Wildman–Crippen LogP) is 1.30. The number of rotatable bonds is 2. The highest BCUT2D eigenvalue weighted by Crippen LogP contribution is 2.36. The van der Waals surface area contributed by atoms with Crippen molar-refractivity contribution in [1.29, 1.82) is 0 Å². The number of ether oxygens (including phenoxy) is 1. The molecule has 2 aliphatic rings. The molecule has 0 unspecified atom stereocenters. The number of hydrogen-bond donors (Lipinski definition) is 1. The Hall–Kier alpha value is -0.950. The van der Waals surface area contributed by atoms with Crippen LogP contribution in [0.2, 0.25) is 0 Å². The van der Waals surface area contributed by atoms with Gasteiger partial charge in [-0.1, -0.05) is 18.2 Å². The molecule has 0 radical (unpaired) electrons. The van der Waals surface area contributed by atoms with Gasteiger partial charge in [0.25, 0.3) is 0 Å². The molecule has 0 saturated carbocycles. The zero-order valence-electron chi connectivity index (χ0n) is 12.2. The third-order valence-electron chi connectivity index (χ3n) is 4.55. The van der Waals surface area contributed by atoms with E-state index in [2.05, 4.69) is 0 Å². The van der Waals surface area contributed by atoms with Crippen molar-refractivity contribution >= 4 is 10.0 Å². The standard InChI is InChI=1S/C15H21NO4S/c1-12-5-2-3-6-13(12)21(18,19)16-9-7-14(17)15(11-16)8-4-10-20-15/h2-3,5-6,14,17H,4,7-11H2,1H3/t14-,15-/m0/s1. The molecule has 1 spiro atoms. The van der Waals surface area contributed by atoms with Crippen molar-refractivity contribution in [2.75, 3.05) is 19.7 Å². The van der Waals surface area contributed by atoms with E-state index in [1.54, 1.807) is 25.1 Å². The molecule has 2 aliphatic heterocycles. The summed E-state index contributed by atoms with van der Waals surface area (Å²) in [6.45, 7) is 2.97. The second-order valence-corrected chi connectivity index (χ2v) is 7.83. The minimum absolute atomic E-state index is 0.241. The number of benzene rings is 1. The molecule has 1 aromatic carbocycles. The van der Waals surface area contributed by atoms with Crippen LogP contribution in [0.15, 0.2) is 29.2 Å². The summed E-state index contributed by atoms with van der Waals surface area (Å²) in [5.41, 5.74) is 0.0265. The quantitative estimate of drug-likeness (QED) is 0.894.